The third-order valence-electron chi connectivity index (χ3n) is 11.4. The third-order valence-corrected chi connectivity index (χ3v) is 13.8. The van der Waals surface area contributed by atoms with Crippen LogP contribution in [0.5, 0.6) is 5.75 Å². The van der Waals surface area contributed by atoms with E-state index in [1.165, 1.54) is 0 Å². The first-order valence-electron chi connectivity index (χ1n) is 17.9. The summed E-state index contributed by atoms with van der Waals surface area (Å²) in [5.41, 5.74) is 3.61. The molecule has 11 heteroatoms. The second kappa shape index (κ2) is 13.0. The molecule has 4 aliphatic rings. The van der Waals surface area contributed by atoms with E-state index in [1.807, 2.05) is 104 Å². The zero-order chi connectivity index (χ0) is 36.4. The van der Waals surface area contributed by atoms with Crippen LogP contribution in [0.3, 0.4) is 0 Å². The number of hydrogen-bond donors (Lipinski definition) is 1. The van der Waals surface area contributed by atoms with Gasteiger partial charge in [0.15, 0.2) is 12.2 Å². The average molecular weight is 720 g/mol. The van der Waals surface area contributed by atoms with E-state index in [1.54, 1.807) is 27.8 Å². The zero-order valence-electron chi connectivity index (χ0n) is 29.5. The molecule has 5 atom stereocenters. The number of rotatable bonds is 7. The van der Waals surface area contributed by atoms with E-state index < -0.39 is 37.6 Å². The largest absolute Gasteiger partial charge is 0.482 e. The van der Waals surface area contributed by atoms with Gasteiger partial charge >= 0.3 is 0 Å². The minimum Gasteiger partial charge on any atom is -0.482 e. The third kappa shape index (κ3) is 5.53. The number of halogens is 1. The van der Waals surface area contributed by atoms with E-state index in [0.717, 1.165) is 16.7 Å². The lowest BCUT2D eigenvalue weighted by molar-refractivity contribution is -0.151. The predicted molar refractivity (Wildman–Crippen MR) is 197 cm³/mol. The molecule has 1 saturated heterocycles. The van der Waals surface area contributed by atoms with E-state index in [9.17, 15) is 19.5 Å². The van der Waals surface area contributed by atoms with Gasteiger partial charge in [-0.25, -0.2) is 0 Å². The Hall–Kier alpha value is -4.84. The molecule has 8 rings (SSSR count). The fourth-order valence-corrected chi connectivity index (χ4v) is 11.5. The molecule has 1 fully saturated rings. The number of nitrogens with zero attached hydrogens (tertiary/aromatic N) is 3. The quantitative estimate of drug-likeness (QED) is 0.175. The lowest BCUT2D eigenvalue weighted by Crippen LogP contribution is -2.48. The summed E-state index contributed by atoms with van der Waals surface area (Å²) in [6.45, 7) is 5.50. The molecule has 4 heterocycles. The number of para-hydroxylation sites is 3. The van der Waals surface area contributed by atoms with Crippen LogP contribution in [0, 0.1) is 5.92 Å². The van der Waals surface area contributed by atoms with Crippen molar-refractivity contribution < 1.29 is 33.1 Å². The van der Waals surface area contributed by atoms with Gasteiger partial charge in [-0.2, -0.15) is 0 Å². The second-order valence-corrected chi connectivity index (χ2v) is 18.7. The molecule has 0 aliphatic carbocycles. The van der Waals surface area contributed by atoms with E-state index in [4.69, 9.17) is 9.47 Å². The number of hydrogen-bond acceptors (Lipinski definition) is 6. The van der Waals surface area contributed by atoms with Crippen LogP contribution in [0.2, 0.25) is 18.6 Å². The maximum Gasteiger partial charge on any atom is 0.269 e. The van der Waals surface area contributed by atoms with Crippen molar-refractivity contribution in [3.05, 3.63) is 119 Å². The van der Waals surface area contributed by atoms with Crippen LogP contribution in [0.15, 0.2) is 97.1 Å². The van der Waals surface area contributed by atoms with Crippen LogP contribution in [-0.4, -0.2) is 61.5 Å². The van der Waals surface area contributed by atoms with Gasteiger partial charge in [-0.05, 0) is 66.5 Å². The predicted octanol–water partition coefficient (Wildman–Crippen LogP) is 6.40. The Morgan fingerprint density at radius 2 is 1.60 bits per heavy atom. The topological polar surface area (TPSA) is 99.6 Å². The number of carbonyl (C=O) groups excluding carboxylic acids is 3. The molecule has 0 aromatic heterocycles. The van der Waals surface area contributed by atoms with Crippen molar-refractivity contribution in [3.8, 4) is 5.75 Å². The Kier molecular flexibility index (Phi) is 8.55. The molecule has 0 saturated carbocycles. The van der Waals surface area contributed by atoms with Gasteiger partial charge in [0.1, 0.15) is 5.75 Å². The van der Waals surface area contributed by atoms with Crippen molar-refractivity contribution in [3.63, 3.8) is 0 Å². The highest BCUT2D eigenvalue weighted by atomic mass is 28.4. The Bertz CT molecular complexity index is 2050. The standard InChI is InChI=1S/C41H42FN3O6Si/c1-26-39(52(2,3)42)36(21-37(47)43-23-29-11-5-4-10-28(29)20-31(43)24-46)51-41(26)32-12-6-7-13-33(32)44(40(41)49)22-27-16-18-30(19-17-27)45-34-14-8-9-15-35(34)50-25-38(45)48/h4-19,26,31,36,39,46H,20-25H2,1-3H3/t26-,31-,36+,39-,41+/m0/s1. The smallest absolute Gasteiger partial charge is 0.269 e. The van der Waals surface area contributed by atoms with Gasteiger partial charge in [-0.1, -0.05) is 73.7 Å². The molecule has 3 amide bonds. The van der Waals surface area contributed by atoms with Gasteiger partial charge in [0.25, 0.3) is 11.8 Å². The van der Waals surface area contributed by atoms with Crippen LogP contribution >= 0.6 is 0 Å². The zero-order valence-corrected chi connectivity index (χ0v) is 30.5. The summed E-state index contributed by atoms with van der Waals surface area (Å²) in [7, 11) is -3.50. The van der Waals surface area contributed by atoms with Gasteiger partial charge < -0.3 is 28.5 Å². The van der Waals surface area contributed by atoms with Crippen molar-refractivity contribution in [2.75, 3.05) is 23.0 Å². The maximum atomic E-state index is 16.5. The molecular weight excluding hydrogens is 678 g/mol. The fourth-order valence-electron chi connectivity index (χ4n) is 9.01. The summed E-state index contributed by atoms with van der Waals surface area (Å²) in [6.07, 6.45) is -0.374. The lowest BCUT2D eigenvalue weighted by Gasteiger charge is -2.37. The first-order chi connectivity index (χ1) is 25.0. The molecule has 0 radical (unpaired) electrons. The molecule has 0 bridgehead atoms. The van der Waals surface area contributed by atoms with Gasteiger partial charge in [-0.3, -0.25) is 19.3 Å². The average Bonchev–Trinajstić information content (AvgIpc) is 3.57. The van der Waals surface area contributed by atoms with Crippen molar-refractivity contribution >= 4 is 43.2 Å². The van der Waals surface area contributed by atoms with E-state index in [2.05, 4.69) is 0 Å². The van der Waals surface area contributed by atoms with E-state index in [-0.39, 0.29) is 43.9 Å². The Morgan fingerprint density at radius 1 is 0.923 bits per heavy atom. The van der Waals surface area contributed by atoms with Crippen LogP contribution in [0.4, 0.5) is 21.2 Å². The molecular formula is C41H42FN3O6Si. The molecule has 268 valence electrons. The van der Waals surface area contributed by atoms with Gasteiger partial charge in [-0.15, -0.1) is 0 Å². The molecule has 0 unspecified atom stereocenters. The number of benzene rings is 4. The number of anilines is 3. The van der Waals surface area contributed by atoms with Crippen LogP contribution in [-0.2, 0) is 44.2 Å². The highest BCUT2D eigenvalue weighted by Crippen LogP contribution is 2.60. The number of amides is 3. The molecule has 52 heavy (non-hydrogen) atoms. The van der Waals surface area contributed by atoms with Crippen molar-refractivity contribution in [2.24, 2.45) is 5.92 Å². The summed E-state index contributed by atoms with van der Waals surface area (Å²) in [6, 6.07) is 29.9. The Balaban J connectivity index is 1.08. The highest BCUT2D eigenvalue weighted by molar-refractivity contribution is 6.72. The van der Waals surface area contributed by atoms with Crippen molar-refractivity contribution in [1.82, 2.24) is 4.90 Å². The monoisotopic (exact) mass is 719 g/mol. The van der Waals surface area contributed by atoms with Crippen molar-refractivity contribution in [1.29, 1.82) is 0 Å². The number of carbonyl (C=O) groups is 3. The molecule has 4 aliphatic heterocycles. The number of aliphatic hydroxyl groups is 1. The summed E-state index contributed by atoms with van der Waals surface area (Å²) in [5, 5.41) is 10.3. The van der Waals surface area contributed by atoms with E-state index >= 15 is 4.11 Å². The molecule has 1 spiro atoms. The van der Waals surface area contributed by atoms with Gasteiger partial charge in [0, 0.05) is 29.3 Å². The van der Waals surface area contributed by atoms with Gasteiger partial charge in [0.2, 0.25) is 14.3 Å². The fraction of sp³-hybridized carbons (Fsp3) is 0.341. The minimum atomic E-state index is -3.50. The molecule has 1 N–H and O–H groups in total. The summed E-state index contributed by atoms with van der Waals surface area (Å²) in [5.74, 6) is -0.581. The maximum absolute atomic E-state index is 16.5. The highest BCUT2D eigenvalue weighted by Gasteiger charge is 2.67. The second-order valence-electron chi connectivity index (χ2n) is 14.9. The van der Waals surface area contributed by atoms with Crippen molar-refractivity contribution in [2.45, 2.75) is 69.2 Å². The molecule has 4 aromatic rings. The minimum absolute atomic E-state index is 0.0573. The molecule has 9 nitrogen and oxygen atoms in total. The summed E-state index contributed by atoms with van der Waals surface area (Å²) >= 11 is 0. The summed E-state index contributed by atoms with van der Waals surface area (Å²) < 4.78 is 28.9. The summed E-state index contributed by atoms with van der Waals surface area (Å²) in [4.78, 5) is 46.9. The van der Waals surface area contributed by atoms with Crippen LogP contribution in [0.1, 0.15) is 35.6 Å². The lowest BCUT2D eigenvalue weighted by atomic mass is 9.82. The first kappa shape index (κ1) is 34.3. The Labute approximate surface area is 303 Å². The SMILES string of the molecule is C[C@H]1[C@H]([Si](C)(C)F)[C@@H](CC(=O)N2Cc3ccccc3C[C@H]2CO)O[C@]12C(=O)N(Cc1ccc(N3C(=O)COc4ccccc43)cc1)c1ccccc12. The number of fused-ring (bicyclic) bond motifs is 4. The van der Waals surface area contributed by atoms with Gasteiger partial charge in [0.05, 0.1) is 43.1 Å². The van der Waals surface area contributed by atoms with Crippen LogP contribution < -0.4 is 14.5 Å². The number of ether oxygens (including phenoxy) is 2. The number of aliphatic hydroxyl groups excluding tert-OH is 1. The molecule has 4 aromatic carbocycles. The Morgan fingerprint density at radius 3 is 2.33 bits per heavy atom. The first-order valence-corrected chi connectivity index (χ1v) is 20.9. The van der Waals surface area contributed by atoms with Crippen LogP contribution in [0.25, 0.3) is 0 Å². The normalized spacial score (nSPS) is 25.2. The van der Waals surface area contributed by atoms with E-state index in [0.29, 0.717) is 41.3 Å².